The molecule has 23 heavy (non-hydrogen) atoms. The van der Waals surface area contributed by atoms with Crippen LogP contribution >= 0.6 is 12.4 Å². The summed E-state index contributed by atoms with van der Waals surface area (Å²) >= 11 is 0. The number of carbonyl (C=O) groups is 1. The first-order valence-corrected chi connectivity index (χ1v) is 8.51. The Balaban J connectivity index is 0.00000264. The molecule has 1 aromatic carbocycles. The maximum absolute atomic E-state index is 12.5. The molecular formula is C19H31ClN2O. The van der Waals surface area contributed by atoms with Gasteiger partial charge in [0.1, 0.15) is 0 Å². The van der Waals surface area contributed by atoms with Gasteiger partial charge in [-0.3, -0.25) is 4.79 Å². The van der Waals surface area contributed by atoms with Crippen molar-refractivity contribution >= 4 is 18.3 Å². The van der Waals surface area contributed by atoms with Gasteiger partial charge in [0.25, 0.3) is 0 Å². The van der Waals surface area contributed by atoms with Crippen LogP contribution in [0.15, 0.2) is 24.3 Å². The number of amides is 1. The lowest BCUT2D eigenvalue weighted by molar-refractivity contribution is -0.133. The van der Waals surface area contributed by atoms with E-state index in [-0.39, 0.29) is 35.8 Å². The standard InChI is InChI=1S/C19H30N2O.ClH/c1-5-7-16(20)18(22)21-13-6-8-17(21)14-9-11-15(12-10-14)19(2,3)4;/h9-12,16-17H,5-8,13,20H2,1-4H3;1H. The van der Waals surface area contributed by atoms with E-state index in [4.69, 9.17) is 5.73 Å². The van der Waals surface area contributed by atoms with Gasteiger partial charge in [0.05, 0.1) is 12.1 Å². The molecule has 0 saturated carbocycles. The lowest BCUT2D eigenvalue weighted by Gasteiger charge is -2.28. The number of nitrogens with two attached hydrogens (primary N) is 1. The molecule has 130 valence electrons. The van der Waals surface area contributed by atoms with E-state index >= 15 is 0 Å². The molecule has 3 nitrogen and oxygen atoms in total. The first-order chi connectivity index (χ1) is 10.3. The van der Waals surface area contributed by atoms with Crippen LogP contribution in [-0.2, 0) is 10.2 Å². The molecule has 1 heterocycles. The molecule has 0 radical (unpaired) electrons. The number of hydrogen-bond donors (Lipinski definition) is 1. The molecule has 1 aliphatic rings. The lowest BCUT2D eigenvalue weighted by atomic mass is 9.86. The molecule has 1 fully saturated rings. The maximum atomic E-state index is 12.5. The van der Waals surface area contributed by atoms with Crippen LogP contribution in [0.3, 0.4) is 0 Å². The monoisotopic (exact) mass is 338 g/mol. The van der Waals surface area contributed by atoms with Gasteiger partial charge < -0.3 is 10.6 Å². The summed E-state index contributed by atoms with van der Waals surface area (Å²) < 4.78 is 0. The van der Waals surface area contributed by atoms with Gasteiger partial charge in [0.15, 0.2) is 0 Å². The molecule has 2 rings (SSSR count). The fourth-order valence-electron chi connectivity index (χ4n) is 3.23. The number of benzene rings is 1. The minimum atomic E-state index is -0.348. The molecule has 0 bridgehead atoms. The second-order valence-electron chi connectivity index (χ2n) is 7.46. The van der Waals surface area contributed by atoms with Crippen molar-refractivity contribution < 1.29 is 4.79 Å². The predicted octanol–water partition coefficient (Wildman–Crippen LogP) is 4.20. The van der Waals surface area contributed by atoms with Crippen molar-refractivity contribution in [3.8, 4) is 0 Å². The SMILES string of the molecule is CCCC(N)C(=O)N1CCCC1c1ccc(C(C)(C)C)cc1.Cl. The molecule has 2 N–H and O–H groups in total. The Bertz CT molecular complexity index is 507. The van der Waals surface area contributed by atoms with E-state index in [1.54, 1.807) is 0 Å². The van der Waals surface area contributed by atoms with E-state index in [9.17, 15) is 4.79 Å². The first kappa shape index (κ1) is 20.0. The molecule has 0 spiro atoms. The highest BCUT2D eigenvalue weighted by Gasteiger charge is 2.32. The lowest BCUT2D eigenvalue weighted by Crippen LogP contribution is -2.43. The zero-order valence-electron chi connectivity index (χ0n) is 14.8. The maximum Gasteiger partial charge on any atom is 0.239 e. The zero-order valence-corrected chi connectivity index (χ0v) is 15.7. The summed E-state index contributed by atoms with van der Waals surface area (Å²) in [5.74, 6) is 0.115. The topological polar surface area (TPSA) is 46.3 Å². The third-order valence-electron chi connectivity index (χ3n) is 4.61. The van der Waals surface area contributed by atoms with Crippen LogP contribution in [0.4, 0.5) is 0 Å². The average Bonchev–Trinajstić information content (AvgIpc) is 2.95. The van der Waals surface area contributed by atoms with Crippen molar-refractivity contribution in [3.05, 3.63) is 35.4 Å². The molecule has 1 aliphatic heterocycles. The van der Waals surface area contributed by atoms with E-state index in [1.807, 2.05) is 4.90 Å². The minimum Gasteiger partial charge on any atom is -0.334 e. The molecule has 0 aliphatic carbocycles. The molecule has 1 saturated heterocycles. The number of rotatable bonds is 4. The highest BCUT2D eigenvalue weighted by Crippen LogP contribution is 2.33. The van der Waals surface area contributed by atoms with Crippen LogP contribution in [0.2, 0.25) is 0 Å². The summed E-state index contributed by atoms with van der Waals surface area (Å²) in [6.45, 7) is 9.56. The van der Waals surface area contributed by atoms with Crippen LogP contribution in [0.1, 0.15) is 70.5 Å². The Labute approximate surface area is 147 Å². The van der Waals surface area contributed by atoms with Gasteiger partial charge in [-0.2, -0.15) is 0 Å². The van der Waals surface area contributed by atoms with Gasteiger partial charge in [0, 0.05) is 6.54 Å². The summed E-state index contributed by atoms with van der Waals surface area (Å²) in [6.07, 6.45) is 3.83. The quantitative estimate of drug-likeness (QED) is 0.894. The van der Waals surface area contributed by atoms with Crippen molar-refractivity contribution in [2.75, 3.05) is 6.54 Å². The van der Waals surface area contributed by atoms with Gasteiger partial charge in [-0.05, 0) is 35.8 Å². The number of halogens is 1. The minimum absolute atomic E-state index is 0. The second kappa shape index (κ2) is 8.16. The molecule has 2 unspecified atom stereocenters. The Morgan fingerprint density at radius 1 is 1.30 bits per heavy atom. The molecule has 0 aromatic heterocycles. The number of carbonyl (C=O) groups excluding carboxylic acids is 1. The number of nitrogens with zero attached hydrogens (tertiary/aromatic N) is 1. The van der Waals surface area contributed by atoms with Gasteiger partial charge in [-0.1, -0.05) is 58.4 Å². The van der Waals surface area contributed by atoms with Crippen molar-refractivity contribution in [1.82, 2.24) is 4.90 Å². The summed E-state index contributed by atoms with van der Waals surface area (Å²) in [4.78, 5) is 14.5. The van der Waals surface area contributed by atoms with E-state index in [1.165, 1.54) is 11.1 Å². The second-order valence-corrected chi connectivity index (χ2v) is 7.46. The van der Waals surface area contributed by atoms with Gasteiger partial charge in [-0.25, -0.2) is 0 Å². The van der Waals surface area contributed by atoms with Crippen molar-refractivity contribution in [2.24, 2.45) is 5.73 Å². The molecule has 2 atom stereocenters. The molecule has 1 aromatic rings. The van der Waals surface area contributed by atoms with Crippen LogP contribution in [0.25, 0.3) is 0 Å². The average molecular weight is 339 g/mol. The fourth-order valence-corrected chi connectivity index (χ4v) is 3.23. The highest BCUT2D eigenvalue weighted by atomic mass is 35.5. The normalized spacial score (nSPS) is 19.3. The Morgan fingerprint density at radius 3 is 2.43 bits per heavy atom. The Morgan fingerprint density at radius 2 is 1.91 bits per heavy atom. The fraction of sp³-hybridized carbons (Fsp3) is 0.632. The third-order valence-corrected chi connectivity index (χ3v) is 4.61. The van der Waals surface area contributed by atoms with Crippen molar-refractivity contribution in [1.29, 1.82) is 0 Å². The number of likely N-dealkylation sites (tertiary alicyclic amines) is 1. The van der Waals surface area contributed by atoms with E-state index in [0.29, 0.717) is 0 Å². The predicted molar refractivity (Wildman–Crippen MR) is 99.0 cm³/mol. The Kier molecular flexibility index (Phi) is 7.09. The van der Waals surface area contributed by atoms with E-state index < -0.39 is 0 Å². The number of hydrogen-bond acceptors (Lipinski definition) is 2. The van der Waals surface area contributed by atoms with Crippen LogP contribution in [0.5, 0.6) is 0 Å². The van der Waals surface area contributed by atoms with E-state index in [0.717, 1.165) is 32.2 Å². The third kappa shape index (κ3) is 4.71. The molecule has 4 heteroatoms. The van der Waals surface area contributed by atoms with Gasteiger partial charge in [-0.15, -0.1) is 12.4 Å². The van der Waals surface area contributed by atoms with Crippen LogP contribution in [0, 0.1) is 0 Å². The Hall–Kier alpha value is -1.06. The highest BCUT2D eigenvalue weighted by molar-refractivity contribution is 5.85. The summed E-state index contributed by atoms with van der Waals surface area (Å²) in [5, 5.41) is 0. The molecule has 1 amide bonds. The summed E-state index contributed by atoms with van der Waals surface area (Å²) in [6, 6.07) is 8.61. The van der Waals surface area contributed by atoms with Crippen LogP contribution < -0.4 is 5.73 Å². The largest absolute Gasteiger partial charge is 0.334 e. The van der Waals surface area contributed by atoms with Crippen molar-refractivity contribution in [2.45, 2.75) is 70.9 Å². The van der Waals surface area contributed by atoms with E-state index in [2.05, 4.69) is 52.0 Å². The van der Waals surface area contributed by atoms with Crippen LogP contribution in [-0.4, -0.2) is 23.4 Å². The molecular weight excluding hydrogens is 308 g/mol. The van der Waals surface area contributed by atoms with Gasteiger partial charge in [0.2, 0.25) is 5.91 Å². The smallest absolute Gasteiger partial charge is 0.239 e. The van der Waals surface area contributed by atoms with Crippen molar-refractivity contribution in [3.63, 3.8) is 0 Å². The summed E-state index contributed by atoms with van der Waals surface area (Å²) in [7, 11) is 0. The zero-order chi connectivity index (χ0) is 16.3. The first-order valence-electron chi connectivity index (χ1n) is 8.51. The summed E-state index contributed by atoms with van der Waals surface area (Å²) in [5.41, 5.74) is 8.76. The van der Waals surface area contributed by atoms with Gasteiger partial charge >= 0.3 is 0 Å².